The number of amides is 1. The van der Waals surface area contributed by atoms with E-state index in [9.17, 15) is 9.18 Å². The molecule has 0 spiro atoms. The summed E-state index contributed by atoms with van der Waals surface area (Å²) in [5.41, 5.74) is 2.38. The molecular weight excluding hydrogens is 536 g/mol. The smallest absolute Gasteiger partial charge is 0.230 e. The maximum absolute atomic E-state index is 14.5. The molecule has 1 aromatic heterocycles. The molecule has 1 aliphatic carbocycles. The topological polar surface area (TPSA) is 52.6 Å². The van der Waals surface area contributed by atoms with Crippen molar-refractivity contribution in [3.05, 3.63) is 51.4 Å². The number of rotatable bonds is 11. The van der Waals surface area contributed by atoms with Crippen LogP contribution in [0, 0.1) is 0 Å². The molecule has 2 aliphatic rings. The molecule has 0 bridgehead atoms. The van der Waals surface area contributed by atoms with E-state index in [0.717, 1.165) is 55.7 Å². The van der Waals surface area contributed by atoms with Crippen LogP contribution in [0.25, 0.3) is 0 Å². The van der Waals surface area contributed by atoms with Crippen molar-refractivity contribution in [3.63, 3.8) is 0 Å². The molecule has 1 amide bonds. The molecule has 214 valence electrons. The summed E-state index contributed by atoms with van der Waals surface area (Å²) >= 11 is 12.6. The van der Waals surface area contributed by atoms with E-state index in [4.69, 9.17) is 23.2 Å². The van der Waals surface area contributed by atoms with Gasteiger partial charge in [0, 0.05) is 37.8 Å². The number of benzene rings is 1. The number of anilines is 1. The van der Waals surface area contributed by atoms with E-state index in [1.807, 2.05) is 24.0 Å². The first kappa shape index (κ1) is 30.0. The van der Waals surface area contributed by atoms with Gasteiger partial charge in [0.2, 0.25) is 5.91 Å². The van der Waals surface area contributed by atoms with Crippen LogP contribution in [0.2, 0.25) is 10.0 Å². The van der Waals surface area contributed by atoms with Crippen LogP contribution in [0.3, 0.4) is 0 Å². The van der Waals surface area contributed by atoms with Gasteiger partial charge in [-0.15, -0.1) is 0 Å². The highest BCUT2D eigenvalue weighted by Gasteiger charge is 2.35. The van der Waals surface area contributed by atoms with Gasteiger partial charge in [0.1, 0.15) is 18.3 Å². The number of piperazine rings is 1. The van der Waals surface area contributed by atoms with Crippen LogP contribution >= 0.6 is 23.2 Å². The van der Waals surface area contributed by atoms with Crippen LogP contribution < -0.4 is 4.90 Å². The minimum Gasteiger partial charge on any atom is -0.353 e. The Kier molecular flexibility index (Phi) is 10.5. The van der Waals surface area contributed by atoms with Gasteiger partial charge in [0.15, 0.2) is 0 Å². The Hall–Kier alpha value is -1.96. The summed E-state index contributed by atoms with van der Waals surface area (Å²) in [6.45, 7) is 13.4. The molecule has 2 heterocycles. The lowest BCUT2D eigenvalue weighted by Crippen LogP contribution is -2.50. The van der Waals surface area contributed by atoms with Crippen molar-refractivity contribution in [1.29, 1.82) is 0 Å². The highest BCUT2D eigenvalue weighted by molar-refractivity contribution is 6.42. The molecule has 1 fully saturated rings. The largest absolute Gasteiger partial charge is 0.353 e. The number of alkyl halides is 1. The number of aromatic nitrogens is 2. The zero-order valence-corrected chi connectivity index (χ0v) is 25.2. The van der Waals surface area contributed by atoms with Crippen LogP contribution in [0.5, 0.6) is 0 Å². The minimum absolute atomic E-state index is 0.0915. The Morgan fingerprint density at radius 1 is 1.10 bits per heavy atom. The SMILES string of the molecule is CCCN(CCCC[C@@H](C(=O)N1CCN(c2ncnc3c2[C@H](C)C[C@@H]3F)CC1)c1ccc(Cl)c(Cl)c1)C(C)C. The summed E-state index contributed by atoms with van der Waals surface area (Å²) in [6, 6.07) is 6.08. The van der Waals surface area contributed by atoms with Gasteiger partial charge in [-0.25, -0.2) is 14.4 Å². The number of nitrogens with zero attached hydrogens (tertiary/aromatic N) is 5. The molecule has 3 atom stereocenters. The highest BCUT2D eigenvalue weighted by atomic mass is 35.5. The van der Waals surface area contributed by atoms with Crippen molar-refractivity contribution in [2.75, 3.05) is 44.2 Å². The van der Waals surface area contributed by atoms with E-state index in [0.29, 0.717) is 54.4 Å². The third-order valence-electron chi connectivity index (χ3n) is 8.21. The average molecular weight is 579 g/mol. The first-order valence-corrected chi connectivity index (χ1v) is 15.2. The Morgan fingerprint density at radius 3 is 2.51 bits per heavy atom. The molecule has 0 N–H and O–H groups in total. The fourth-order valence-corrected chi connectivity index (χ4v) is 6.32. The molecule has 6 nitrogen and oxygen atoms in total. The number of carbonyl (C=O) groups excluding carboxylic acids is 1. The van der Waals surface area contributed by atoms with Crippen molar-refractivity contribution in [2.24, 2.45) is 0 Å². The van der Waals surface area contributed by atoms with Crippen molar-refractivity contribution < 1.29 is 9.18 Å². The summed E-state index contributed by atoms with van der Waals surface area (Å²) in [5, 5.41) is 0.970. The first-order valence-electron chi connectivity index (χ1n) is 14.4. The van der Waals surface area contributed by atoms with Crippen molar-refractivity contribution in [2.45, 2.75) is 83.8 Å². The van der Waals surface area contributed by atoms with Crippen LogP contribution in [-0.4, -0.2) is 71.0 Å². The second-order valence-corrected chi connectivity index (χ2v) is 12.1. The number of unbranched alkanes of at least 4 members (excludes halogenated alkanes) is 1. The van der Waals surface area contributed by atoms with Gasteiger partial charge in [0.25, 0.3) is 0 Å². The van der Waals surface area contributed by atoms with Gasteiger partial charge < -0.3 is 14.7 Å². The normalized spacial score (nSPS) is 20.1. The van der Waals surface area contributed by atoms with Crippen LogP contribution in [0.15, 0.2) is 24.5 Å². The number of carbonyl (C=O) groups is 1. The van der Waals surface area contributed by atoms with E-state index >= 15 is 0 Å². The minimum atomic E-state index is -1.03. The number of halogens is 3. The van der Waals surface area contributed by atoms with E-state index in [2.05, 4.69) is 40.5 Å². The molecule has 39 heavy (non-hydrogen) atoms. The predicted molar refractivity (Wildman–Crippen MR) is 158 cm³/mol. The molecule has 9 heteroatoms. The summed E-state index contributed by atoms with van der Waals surface area (Å²) in [7, 11) is 0. The molecule has 0 unspecified atom stereocenters. The van der Waals surface area contributed by atoms with Gasteiger partial charge in [-0.05, 0) is 76.2 Å². The molecule has 0 radical (unpaired) electrons. The Bertz CT molecular complexity index is 1120. The second kappa shape index (κ2) is 13.6. The Labute approximate surface area is 242 Å². The second-order valence-electron chi connectivity index (χ2n) is 11.3. The van der Waals surface area contributed by atoms with Gasteiger partial charge in [-0.2, -0.15) is 0 Å². The zero-order chi connectivity index (χ0) is 28.1. The van der Waals surface area contributed by atoms with Crippen LogP contribution in [-0.2, 0) is 4.79 Å². The molecule has 0 saturated carbocycles. The van der Waals surface area contributed by atoms with Gasteiger partial charge in [-0.3, -0.25) is 4.79 Å². The predicted octanol–water partition coefficient (Wildman–Crippen LogP) is 7.02. The number of hydrogen-bond donors (Lipinski definition) is 0. The lowest BCUT2D eigenvalue weighted by Gasteiger charge is -2.38. The fraction of sp³-hybridized carbons (Fsp3) is 0.633. The van der Waals surface area contributed by atoms with E-state index in [1.165, 1.54) is 6.33 Å². The maximum atomic E-state index is 14.5. The quantitative estimate of drug-likeness (QED) is 0.268. The molecule has 1 saturated heterocycles. The average Bonchev–Trinajstić information content (AvgIpc) is 3.22. The third kappa shape index (κ3) is 7.04. The molecule has 1 aliphatic heterocycles. The van der Waals surface area contributed by atoms with Gasteiger partial charge >= 0.3 is 0 Å². The fourth-order valence-electron chi connectivity index (χ4n) is 6.01. The van der Waals surface area contributed by atoms with Gasteiger partial charge in [0.05, 0.1) is 21.7 Å². The summed E-state index contributed by atoms with van der Waals surface area (Å²) in [5.74, 6) is 0.782. The van der Waals surface area contributed by atoms with E-state index in [-0.39, 0.29) is 17.7 Å². The molecule has 4 rings (SSSR count). The summed E-state index contributed by atoms with van der Waals surface area (Å²) < 4.78 is 14.5. The standard InChI is InChI=1S/C30H42Cl2FN5O/c1-5-11-36(20(2)3)12-7-6-8-23(22-9-10-24(31)25(32)18-22)30(39)38-15-13-37(14-16-38)29-27-21(4)17-26(33)28(27)34-19-35-29/h9-10,18-21,23,26H,5-8,11-17H2,1-4H3/t21-,23-,26+/m1/s1. The summed E-state index contributed by atoms with van der Waals surface area (Å²) in [4.78, 5) is 29.3. The Balaban J connectivity index is 1.43. The van der Waals surface area contributed by atoms with Crippen molar-refractivity contribution >= 4 is 34.9 Å². The van der Waals surface area contributed by atoms with Crippen LogP contribution in [0.4, 0.5) is 10.2 Å². The Morgan fingerprint density at radius 2 is 1.85 bits per heavy atom. The number of fused-ring (bicyclic) bond motifs is 1. The lowest BCUT2D eigenvalue weighted by molar-refractivity contribution is -0.133. The summed E-state index contributed by atoms with van der Waals surface area (Å²) in [6.07, 6.45) is 4.81. The molecular formula is C30H42Cl2FN5O. The van der Waals surface area contributed by atoms with E-state index in [1.54, 1.807) is 6.07 Å². The monoisotopic (exact) mass is 577 g/mol. The van der Waals surface area contributed by atoms with Crippen molar-refractivity contribution in [1.82, 2.24) is 19.8 Å². The number of hydrogen-bond acceptors (Lipinski definition) is 5. The maximum Gasteiger partial charge on any atom is 0.230 e. The van der Waals surface area contributed by atoms with Gasteiger partial charge in [-0.1, -0.05) is 49.5 Å². The van der Waals surface area contributed by atoms with E-state index < -0.39 is 6.17 Å². The van der Waals surface area contributed by atoms with Crippen molar-refractivity contribution in [3.8, 4) is 0 Å². The molecule has 2 aromatic rings. The molecule has 1 aromatic carbocycles. The third-order valence-corrected chi connectivity index (χ3v) is 8.95. The first-order chi connectivity index (χ1) is 18.7. The van der Waals surface area contributed by atoms with Crippen LogP contribution in [0.1, 0.15) is 94.6 Å². The lowest BCUT2D eigenvalue weighted by atomic mass is 9.91. The zero-order valence-electron chi connectivity index (χ0n) is 23.7. The highest BCUT2D eigenvalue weighted by Crippen LogP contribution is 2.44.